The van der Waals surface area contributed by atoms with Crippen LogP contribution >= 0.6 is 11.6 Å². The molecule has 2 rings (SSSR count). The van der Waals surface area contributed by atoms with Crippen LogP contribution in [0.15, 0.2) is 48.5 Å². The van der Waals surface area contributed by atoms with E-state index in [0.29, 0.717) is 10.7 Å². The van der Waals surface area contributed by atoms with Crippen molar-refractivity contribution in [3.05, 3.63) is 64.7 Å². The fourth-order valence-electron chi connectivity index (χ4n) is 1.75. The summed E-state index contributed by atoms with van der Waals surface area (Å²) in [5.74, 6) is 0. The molecule has 104 valence electrons. The Morgan fingerprint density at radius 2 is 1.70 bits per heavy atom. The van der Waals surface area contributed by atoms with E-state index < -0.39 is 6.09 Å². The Labute approximate surface area is 123 Å². The first-order valence-electron chi connectivity index (χ1n) is 6.34. The van der Waals surface area contributed by atoms with Gasteiger partial charge in [-0.25, -0.2) is 4.79 Å². The van der Waals surface area contributed by atoms with Crippen molar-refractivity contribution in [1.29, 1.82) is 0 Å². The van der Waals surface area contributed by atoms with Crippen molar-refractivity contribution in [2.24, 2.45) is 0 Å². The molecule has 1 amide bonds. The molecule has 0 bridgehead atoms. The van der Waals surface area contributed by atoms with E-state index in [1.54, 1.807) is 12.1 Å². The summed E-state index contributed by atoms with van der Waals surface area (Å²) in [6.45, 7) is 3.81. The first kappa shape index (κ1) is 14.4. The lowest BCUT2D eigenvalue weighted by Crippen LogP contribution is -2.15. The van der Waals surface area contributed by atoms with Crippen LogP contribution in [0.3, 0.4) is 0 Å². The molecule has 2 aromatic carbocycles. The van der Waals surface area contributed by atoms with Crippen molar-refractivity contribution in [3.8, 4) is 0 Å². The second-order valence-corrected chi connectivity index (χ2v) is 5.03. The topological polar surface area (TPSA) is 38.3 Å². The fourth-order valence-corrected chi connectivity index (χ4v) is 1.87. The van der Waals surface area contributed by atoms with Gasteiger partial charge in [-0.1, -0.05) is 41.4 Å². The number of halogens is 1. The van der Waals surface area contributed by atoms with Crippen LogP contribution in [0.25, 0.3) is 0 Å². The van der Waals surface area contributed by atoms with Crippen LogP contribution in [0.5, 0.6) is 0 Å². The molecule has 0 aliphatic carbocycles. The highest BCUT2D eigenvalue weighted by atomic mass is 35.5. The van der Waals surface area contributed by atoms with E-state index in [-0.39, 0.29) is 6.10 Å². The molecule has 1 unspecified atom stereocenters. The van der Waals surface area contributed by atoms with Gasteiger partial charge in [-0.05, 0) is 43.7 Å². The smallest absolute Gasteiger partial charge is 0.412 e. The predicted molar refractivity (Wildman–Crippen MR) is 81.1 cm³/mol. The largest absolute Gasteiger partial charge is 0.441 e. The number of aryl methyl sites for hydroxylation is 1. The van der Waals surface area contributed by atoms with E-state index >= 15 is 0 Å². The zero-order valence-electron chi connectivity index (χ0n) is 11.4. The monoisotopic (exact) mass is 289 g/mol. The van der Waals surface area contributed by atoms with Crippen molar-refractivity contribution in [2.75, 3.05) is 5.32 Å². The molecule has 3 nitrogen and oxygen atoms in total. The fraction of sp³-hybridized carbons (Fsp3) is 0.188. The van der Waals surface area contributed by atoms with Crippen LogP contribution < -0.4 is 5.32 Å². The maximum Gasteiger partial charge on any atom is 0.412 e. The maximum atomic E-state index is 11.8. The highest BCUT2D eigenvalue weighted by Crippen LogP contribution is 2.20. The summed E-state index contributed by atoms with van der Waals surface area (Å²) in [5, 5.41) is 3.35. The van der Waals surface area contributed by atoms with Gasteiger partial charge in [0.1, 0.15) is 6.10 Å². The number of anilines is 1. The number of hydrogen-bond donors (Lipinski definition) is 1. The molecule has 0 heterocycles. The number of benzene rings is 2. The molecule has 0 radical (unpaired) electrons. The molecule has 1 N–H and O–H groups in total. The van der Waals surface area contributed by atoms with Crippen LogP contribution in [0.1, 0.15) is 24.2 Å². The van der Waals surface area contributed by atoms with E-state index in [4.69, 9.17) is 16.3 Å². The van der Waals surface area contributed by atoms with Crippen LogP contribution in [0.2, 0.25) is 5.02 Å². The zero-order chi connectivity index (χ0) is 14.5. The number of nitrogens with one attached hydrogen (secondary N) is 1. The van der Waals surface area contributed by atoms with Gasteiger partial charge < -0.3 is 4.74 Å². The molecular formula is C16H16ClNO2. The summed E-state index contributed by atoms with van der Waals surface area (Å²) in [6, 6.07) is 14.8. The summed E-state index contributed by atoms with van der Waals surface area (Å²) in [4.78, 5) is 11.8. The molecule has 0 aliphatic heterocycles. The van der Waals surface area contributed by atoms with Gasteiger partial charge in [-0.15, -0.1) is 0 Å². The molecule has 0 aromatic heterocycles. The number of amides is 1. The molecule has 0 aliphatic rings. The Morgan fingerprint density at radius 1 is 1.10 bits per heavy atom. The number of carbonyl (C=O) groups is 1. The Morgan fingerprint density at radius 3 is 2.30 bits per heavy atom. The average molecular weight is 290 g/mol. The molecule has 0 fully saturated rings. The molecule has 2 aromatic rings. The standard InChI is InChI=1S/C16H16ClNO2/c1-11-3-9-15(10-4-11)18-16(19)20-12(2)13-5-7-14(17)8-6-13/h3-10,12H,1-2H3,(H,18,19). The van der Waals surface area contributed by atoms with Gasteiger partial charge in [0.05, 0.1) is 0 Å². The Kier molecular flexibility index (Phi) is 4.64. The van der Waals surface area contributed by atoms with Crippen molar-refractivity contribution >= 4 is 23.4 Å². The maximum absolute atomic E-state index is 11.8. The molecule has 20 heavy (non-hydrogen) atoms. The number of ether oxygens (including phenoxy) is 1. The Balaban J connectivity index is 1.93. The summed E-state index contributed by atoms with van der Waals surface area (Å²) in [7, 11) is 0. The van der Waals surface area contributed by atoms with Crippen LogP contribution in [-0.4, -0.2) is 6.09 Å². The van der Waals surface area contributed by atoms with Crippen molar-refractivity contribution in [1.82, 2.24) is 0 Å². The van der Waals surface area contributed by atoms with E-state index in [1.165, 1.54) is 0 Å². The van der Waals surface area contributed by atoms with Gasteiger partial charge in [0.2, 0.25) is 0 Å². The third-order valence-corrected chi connectivity index (χ3v) is 3.17. The van der Waals surface area contributed by atoms with Gasteiger partial charge in [0.25, 0.3) is 0 Å². The minimum absolute atomic E-state index is 0.335. The lowest BCUT2D eigenvalue weighted by molar-refractivity contribution is 0.121. The quantitative estimate of drug-likeness (QED) is 0.867. The SMILES string of the molecule is Cc1ccc(NC(=O)OC(C)c2ccc(Cl)cc2)cc1. The van der Waals surface area contributed by atoms with Crippen LogP contribution in [0, 0.1) is 6.92 Å². The lowest BCUT2D eigenvalue weighted by atomic mass is 10.1. The van der Waals surface area contributed by atoms with Crippen molar-refractivity contribution in [3.63, 3.8) is 0 Å². The van der Waals surface area contributed by atoms with Gasteiger partial charge in [0, 0.05) is 10.7 Å². The summed E-state index contributed by atoms with van der Waals surface area (Å²) in [6.07, 6.45) is -0.811. The summed E-state index contributed by atoms with van der Waals surface area (Å²) in [5.41, 5.74) is 2.75. The lowest BCUT2D eigenvalue weighted by Gasteiger charge is -2.14. The molecule has 1 atom stereocenters. The first-order valence-corrected chi connectivity index (χ1v) is 6.72. The van der Waals surface area contributed by atoms with E-state index in [1.807, 2.05) is 50.2 Å². The molecule has 4 heteroatoms. The Hall–Kier alpha value is -2.00. The number of hydrogen-bond acceptors (Lipinski definition) is 2. The normalized spacial score (nSPS) is 11.8. The van der Waals surface area contributed by atoms with E-state index in [9.17, 15) is 4.79 Å². The predicted octanol–water partition coefficient (Wildman–Crippen LogP) is 4.96. The summed E-state index contributed by atoms with van der Waals surface area (Å²) >= 11 is 5.82. The molecule has 0 saturated carbocycles. The molecular weight excluding hydrogens is 274 g/mol. The van der Waals surface area contributed by atoms with Gasteiger partial charge in [-0.2, -0.15) is 0 Å². The third kappa shape index (κ3) is 4.00. The van der Waals surface area contributed by atoms with E-state index in [0.717, 1.165) is 11.1 Å². The number of carbonyl (C=O) groups excluding carboxylic acids is 1. The van der Waals surface area contributed by atoms with Gasteiger partial charge in [-0.3, -0.25) is 5.32 Å². The minimum Gasteiger partial charge on any atom is -0.441 e. The van der Waals surface area contributed by atoms with Crippen LogP contribution in [-0.2, 0) is 4.74 Å². The second-order valence-electron chi connectivity index (χ2n) is 4.59. The number of rotatable bonds is 3. The second kappa shape index (κ2) is 6.44. The van der Waals surface area contributed by atoms with Crippen LogP contribution in [0.4, 0.5) is 10.5 Å². The Bertz CT molecular complexity index is 578. The average Bonchev–Trinajstić information content (AvgIpc) is 2.42. The van der Waals surface area contributed by atoms with Gasteiger partial charge in [0.15, 0.2) is 0 Å². The molecule has 0 spiro atoms. The molecule has 0 saturated heterocycles. The zero-order valence-corrected chi connectivity index (χ0v) is 12.1. The van der Waals surface area contributed by atoms with Crippen molar-refractivity contribution < 1.29 is 9.53 Å². The van der Waals surface area contributed by atoms with Gasteiger partial charge >= 0.3 is 6.09 Å². The first-order chi connectivity index (χ1) is 9.54. The highest BCUT2D eigenvalue weighted by molar-refractivity contribution is 6.30. The summed E-state index contributed by atoms with van der Waals surface area (Å²) < 4.78 is 5.32. The third-order valence-electron chi connectivity index (χ3n) is 2.92. The minimum atomic E-state index is -0.476. The highest BCUT2D eigenvalue weighted by Gasteiger charge is 2.11. The van der Waals surface area contributed by atoms with Crippen molar-refractivity contribution in [2.45, 2.75) is 20.0 Å². The van der Waals surface area contributed by atoms with E-state index in [2.05, 4.69) is 5.32 Å².